The summed E-state index contributed by atoms with van der Waals surface area (Å²) in [6, 6.07) is -0.290. The Morgan fingerprint density at radius 3 is 2.81 bits per heavy atom. The lowest BCUT2D eigenvalue weighted by molar-refractivity contribution is -0.145. The number of hydrogen-bond donors (Lipinski definition) is 1. The molecule has 1 unspecified atom stereocenters. The Hall–Kier alpha value is -1.14. The van der Waals surface area contributed by atoms with Gasteiger partial charge in [0.2, 0.25) is 11.8 Å². The molecule has 2 amide bonds. The predicted octanol–water partition coefficient (Wildman–Crippen LogP) is -1.32. The highest BCUT2D eigenvalue weighted by molar-refractivity contribution is 5.83. The van der Waals surface area contributed by atoms with Crippen molar-refractivity contribution in [2.45, 2.75) is 13.0 Å². The molecule has 0 radical (unpaired) electrons. The highest BCUT2D eigenvalue weighted by Crippen LogP contribution is 2.07. The largest absolute Gasteiger partial charge is 0.394 e. The highest BCUT2D eigenvalue weighted by Gasteiger charge is 2.27. The van der Waals surface area contributed by atoms with Crippen LogP contribution in [0.25, 0.3) is 0 Å². The molecule has 1 atom stereocenters. The van der Waals surface area contributed by atoms with Crippen LogP contribution in [0.1, 0.15) is 6.92 Å². The van der Waals surface area contributed by atoms with Crippen LogP contribution in [0.15, 0.2) is 0 Å². The predicted molar refractivity (Wildman–Crippen MR) is 56.7 cm³/mol. The van der Waals surface area contributed by atoms with Crippen molar-refractivity contribution in [1.29, 1.82) is 0 Å². The van der Waals surface area contributed by atoms with Crippen LogP contribution in [0.3, 0.4) is 0 Å². The molecular formula is C10H18N2O4. The van der Waals surface area contributed by atoms with Gasteiger partial charge in [-0.15, -0.1) is 0 Å². The molecule has 0 aromatic carbocycles. The highest BCUT2D eigenvalue weighted by atomic mass is 16.5. The Morgan fingerprint density at radius 2 is 2.25 bits per heavy atom. The molecule has 0 saturated carbocycles. The van der Waals surface area contributed by atoms with E-state index in [1.165, 1.54) is 11.8 Å². The van der Waals surface area contributed by atoms with E-state index in [1.807, 2.05) is 0 Å². The first-order valence-electron chi connectivity index (χ1n) is 5.26. The first-order valence-corrected chi connectivity index (χ1v) is 5.26. The Bertz CT molecular complexity index is 270. The average Bonchev–Trinajstić information content (AvgIpc) is 2.28. The Kier molecular flexibility index (Phi) is 4.70. The summed E-state index contributed by atoms with van der Waals surface area (Å²) in [6.07, 6.45) is 0. The minimum atomic E-state index is -0.290. The second-order valence-electron chi connectivity index (χ2n) is 3.87. The number of hydrogen-bond acceptors (Lipinski definition) is 4. The Balaban J connectivity index is 2.54. The maximum absolute atomic E-state index is 11.8. The average molecular weight is 230 g/mol. The lowest BCUT2D eigenvalue weighted by Gasteiger charge is -2.35. The molecule has 1 aliphatic heterocycles. The van der Waals surface area contributed by atoms with E-state index in [1.54, 1.807) is 11.9 Å². The number of carbonyl (C=O) groups excluding carboxylic acids is 2. The molecule has 1 heterocycles. The van der Waals surface area contributed by atoms with Gasteiger partial charge in [0, 0.05) is 20.5 Å². The number of likely N-dealkylation sites (N-methyl/N-ethyl adjacent to an activating group) is 1. The SMILES string of the molecule is CC(=O)N(C)CC(=O)N1CCOCC1CO. The van der Waals surface area contributed by atoms with Gasteiger partial charge < -0.3 is 19.6 Å². The van der Waals surface area contributed by atoms with Crippen molar-refractivity contribution in [3.8, 4) is 0 Å². The zero-order valence-corrected chi connectivity index (χ0v) is 9.68. The van der Waals surface area contributed by atoms with Gasteiger partial charge >= 0.3 is 0 Å². The zero-order chi connectivity index (χ0) is 12.1. The molecule has 6 nitrogen and oxygen atoms in total. The molecule has 0 bridgehead atoms. The molecule has 1 saturated heterocycles. The van der Waals surface area contributed by atoms with Crippen LogP contribution in [0, 0.1) is 0 Å². The molecule has 16 heavy (non-hydrogen) atoms. The normalized spacial score (nSPS) is 20.7. The second-order valence-corrected chi connectivity index (χ2v) is 3.87. The molecule has 0 aromatic rings. The number of carbonyl (C=O) groups is 2. The van der Waals surface area contributed by atoms with Crippen LogP contribution in [0.5, 0.6) is 0 Å². The van der Waals surface area contributed by atoms with E-state index in [-0.39, 0.29) is 31.0 Å². The van der Waals surface area contributed by atoms with E-state index in [2.05, 4.69) is 0 Å². The van der Waals surface area contributed by atoms with Crippen LogP contribution >= 0.6 is 0 Å². The molecule has 1 fully saturated rings. The number of aliphatic hydroxyl groups is 1. The number of amides is 2. The fourth-order valence-corrected chi connectivity index (χ4v) is 1.54. The molecule has 1 N–H and O–H groups in total. The Morgan fingerprint density at radius 1 is 1.56 bits per heavy atom. The van der Waals surface area contributed by atoms with E-state index >= 15 is 0 Å². The maximum atomic E-state index is 11.8. The first-order chi connectivity index (χ1) is 7.56. The van der Waals surface area contributed by atoms with Gasteiger partial charge in [0.05, 0.1) is 32.4 Å². The second kappa shape index (κ2) is 5.81. The summed E-state index contributed by atoms with van der Waals surface area (Å²) in [7, 11) is 1.58. The van der Waals surface area contributed by atoms with Crippen molar-refractivity contribution < 1.29 is 19.4 Å². The molecule has 92 valence electrons. The molecule has 0 spiro atoms. The summed E-state index contributed by atoms with van der Waals surface area (Å²) in [5.74, 6) is -0.304. The molecule has 1 aliphatic rings. The fraction of sp³-hybridized carbons (Fsp3) is 0.800. The smallest absolute Gasteiger partial charge is 0.242 e. The van der Waals surface area contributed by atoms with Gasteiger partial charge in [-0.2, -0.15) is 0 Å². The standard InChI is InChI=1S/C10H18N2O4/c1-8(14)11(2)5-10(15)12-3-4-16-7-9(12)6-13/h9,13H,3-7H2,1-2H3. The lowest BCUT2D eigenvalue weighted by atomic mass is 10.2. The molecular weight excluding hydrogens is 212 g/mol. The van der Waals surface area contributed by atoms with Gasteiger partial charge in [0.25, 0.3) is 0 Å². The van der Waals surface area contributed by atoms with E-state index in [0.29, 0.717) is 19.8 Å². The third-order valence-electron chi connectivity index (χ3n) is 2.67. The van der Waals surface area contributed by atoms with Crippen LogP contribution in [-0.2, 0) is 14.3 Å². The quantitative estimate of drug-likeness (QED) is 0.653. The van der Waals surface area contributed by atoms with Crippen LogP contribution in [0.4, 0.5) is 0 Å². The van der Waals surface area contributed by atoms with Crippen molar-refractivity contribution in [2.75, 3.05) is 40.0 Å². The van der Waals surface area contributed by atoms with Gasteiger partial charge in [-0.05, 0) is 0 Å². The molecule has 0 aromatic heterocycles. The van der Waals surface area contributed by atoms with Crippen LogP contribution in [-0.4, -0.2) is 72.7 Å². The van der Waals surface area contributed by atoms with Gasteiger partial charge in [-0.1, -0.05) is 0 Å². The number of ether oxygens (including phenoxy) is 1. The van der Waals surface area contributed by atoms with Crippen molar-refractivity contribution in [3.05, 3.63) is 0 Å². The third kappa shape index (κ3) is 3.18. The van der Waals surface area contributed by atoms with E-state index < -0.39 is 0 Å². The number of aliphatic hydroxyl groups excluding tert-OH is 1. The minimum Gasteiger partial charge on any atom is -0.394 e. The monoisotopic (exact) mass is 230 g/mol. The Labute approximate surface area is 94.8 Å². The summed E-state index contributed by atoms with van der Waals surface area (Å²) < 4.78 is 5.17. The van der Waals surface area contributed by atoms with Gasteiger partial charge in [-0.3, -0.25) is 9.59 Å². The van der Waals surface area contributed by atoms with Crippen LogP contribution in [0.2, 0.25) is 0 Å². The van der Waals surface area contributed by atoms with Crippen molar-refractivity contribution >= 4 is 11.8 Å². The summed E-state index contributed by atoms with van der Waals surface area (Å²) in [6.45, 7) is 2.64. The third-order valence-corrected chi connectivity index (χ3v) is 2.67. The molecule has 0 aliphatic carbocycles. The van der Waals surface area contributed by atoms with Crippen LogP contribution < -0.4 is 0 Å². The molecule has 6 heteroatoms. The zero-order valence-electron chi connectivity index (χ0n) is 9.68. The fourth-order valence-electron chi connectivity index (χ4n) is 1.54. The van der Waals surface area contributed by atoms with Crippen molar-refractivity contribution in [1.82, 2.24) is 9.80 Å². The summed E-state index contributed by atoms with van der Waals surface area (Å²) >= 11 is 0. The van der Waals surface area contributed by atoms with Gasteiger partial charge in [0.15, 0.2) is 0 Å². The van der Waals surface area contributed by atoms with E-state index in [4.69, 9.17) is 9.84 Å². The van der Waals surface area contributed by atoms with Crippen molar-refractivity contribution in [2.24, 2.45) is 0 Å². The number of morpholine rings is 1. The topological polar surface area (TPSA) is 70.1 Å². The molecule has 1 rings (SSSR count). The van der Waals surface area contributed by atoms with E-state index in [0.717, 1.165) is 0 Å². The minimum absolute atomic E-state index is 0.0475. The van der Waals surface area contributed by atoms with Gasteiger partial charge in [-0.25, -0.2) is 0 Å². The van der Waals surface area contributed by atoms with Crippen molar-refractivity contribution in [3.63, 3.8) is 0 Å². The maximum Gasteiger partial charge on any atom is 0.242 e. The summed E-state index contributed by atoms with van der Waals surface area (Å²) in [4.78, 5) is 25.8. The first kappa shape index (κ1) is 12.9. The summed E-state index contributed by atoms with van der Waals surface area (Å²) in [5.41, 5.74) is 0. The number of nitrogens with zero attached hydrogens (tertiary/aromatic N) is 2. The summed E-state index contributed by atoms with van der Waals surface area (Å²) in [5, 5.41) is 9.10. The lowest BCUT2D eigenvalue weighted by Crippen LogP contribution is -2.53. The van der Waals surface area contributed by atoms with E-state index in [9.17, 15) is 9.59 Å². The number of rotatable bonds is 3. The van der Waals surface area contributed by atoms with Gasteiger partial charge in [0.1, 0.15) is 0 Å².